The Balaban J connectivity index is 1.57. The van der Waals surface area contributed by atoms with E-state index in [0.717, 1.165) is 18.8 Å². The molecule has 1 unspecified atom stereocenters. The Kier molecular flexibility index (Phi) is 6.54. The van der Waals surface area contributed by atoms with Crippen molar-refractivity contribution in [3.63, 3.8) is 0 Å². The normalized spacial score (nSPS) is 16.3. The smallest absolute Gasteiger partial charge is 0.255 e. The standard InChI is InChI=1S/C23H30N4O2/c1-16(2)22(28)24-18-7-5-17(6-8-18)23(29)25-19-9-11-20(12-10-19)27-14-13-21(15-27)26(3)4/h5-12,16,21H,13-15H2,1-4H3,(H,24,28)(H,25,29). The first kappa shape index (κ1) is 20.9. The summed E-state index contributed by atoms with van der Waals surface area (Å²) in [5, 5.41) is 5.75. The summed E-state index contributed by atoms with van der Waals surface area (Å²) in [5.41, 5.74) is 3.17. The number of hydrogen-bond donors (Lipinski definition) is 2. The zero-order chi connectivity index (χ0) is 21.0. The highest BCUT2D eigenvalue weighted by molar-refractivity contribution is 6.04. The summed E-state index contributed by atoms with van der Waals surface area (Å²) in [6.07, 6.45) is 1.17. The van der Waals surface area contributed by atoms with Crippen molar-refractivity contribution in [2.75, 3.05) is 42.7 Å². The molecule has 0 aromatic heterocycles. The maximum absolute atomic E-state index is 12.5. The number of likely N-dealkylation sites (N-methyl/N-ethyl adjacent to an activating group) is 1. The van der Waals surface area contributed by atoms with Crippen LogP contribution in [0.4, 0.5) is 17.1 Å². The molecule has 2 aromatic carbocycles. The molecule has 1 aliphatic heterocycles. The molecule has 3 rings (SSSR count). The van der Waals surface area contributed by atoms with Crippen molar-refractivity contribution in [1.82, 2.24) is 4.90 Å². The van der Waals surface area contributed by atoms with Crippen LogP contribution in [0.15, 0.2) is 48.5 Å². The minimum atomic E-state index is -0.173. The van der Waals surface area contributed by atoms with Gasteiger partial charge in [0.15, 0.2) is 0 Å². The van der Waals surface area contributed by atoms with Crippen LogP contribution in [0, 0.1) is 5.92 Å². The second-order valence-corrected chi connectivity index (χ2v) is 8.07. The summed E-state index contributed by atoms with van der Waals surface area (Å²) in [6.45, 7) is 5.76. The van der Waals surface area contributed by atoms with E-state index in [-0.39, 0.29) is 17.7 Å². The summed E-state index contributed by atoms with van der Waals surface area (Å²) in [4.78, 5) is 28.9. The molecule has 2 N–H and O–H groups in total. The monoisotopic (exact) mass is 394 g/mol. The number of carbonyl (C=O) groups excluding carboxylic acids is 2. The molecular weight excluding hydrogens is 364 g/mol. The van der Waals surface area contributed by atoms with E-state index in [4.69, 9.17) is 0 Å². The van der Waals surface area contributed by atoms with Gasteiger partial charge < -0.3 is 20.4 Å². The second kappa shape index (κ2) is 9.09. The highest BCUT2D eigenvalue weighted by atomic mass is 16.2. The third kappa shape index (κ3) is 5.35. The molecule has 1 heterocycles. The van der Waals surface area contributed by atoms with Crippen molar-refractivity contribution in [2.45, 2.75) is 26.3 Å². The van der Waals surface area contributed by atoms with E-state index in [2.05, 4.69) is 46.7 Å². The molecule has 0 saturated carbocycles. The third-order valence-electron chi connectivity index (χ3n) is 5.32. The molecule has 2 aromatic rings. The number of nitrogens with one attached hydrogen (secondary N) is 2. The quantitative estimate of drug-likeness (QED) is 0.785. The summed E-state index contributed by atoms with van der Waals surface area (Å²) in [7, 11) is 4.25. The van der Waals surface area contributed by atoms with Gasteiger partial charge in [-0.2, -0.15) is 0 Å². The molecule has 29 heavy (non-hydrogen) atoms. The van der Waals surface area contributed by atoms with Crippen LogP contribution < -0.4 is 15.5 Å². The molecule has 2 amide bonds. The first-order chi connectivity index (χ1) is 13.8. The number of hydrogen-bond acceptors (Lipinski definition) is 4. The van der Waals surface area contributed by atoms with Gasteiger partial charge in [0.25, 0.3) is 5.91 Å². The minimum Gasteiger partial charge on any atom is -0.370 e. The lowest BCUT2D eigenvalue weighted by atomic mass is 10.1. The molecule has 6 nitrogen and oxygen atoms in total. The van der Waals surface area contributed by atoms with Crippen LogP contribution in [-0.2, 0) is 4.79 Å². The molecule has 6 heteroatoms. The average molecular weight is 395 g/mol. The van der Waals surface area contributed by atoms with Crippen molar-refractivity contribution in [3.05, 3.63) is 54.1 Å². The number of rotatable bonds is 6. The van der Waals surface area contributed by atoms with Crippen LogP contribution in [0.5, 0.6) is 0 Å². The lowest BCUT2D eigenvalue weighted by molar-refractivity contribution is -0.118. The van der Waals surface area contributed by atoms with Crippen molar-refractivity contribution in [2.24, 2.45) is 5.92 Å². The Morgan fingerprint density at radius 1 is 0.966 bits per heavy atom. The maximum Gasteiger partial charge on any atom is 0.255 e. The lowest BCUT2D eigenvalue weighted by Crippen LogP contribution is -2.31. The van der Waals surface area contributed by atoms with Gasteiger partial charge in [-0.3, -0.25) is 9.59 Å². The van der Waals surface area contributed by atoms with E-state index < -0.39 is 0 Å². The van der Waals surface area contributed by atoms with Crippen molar-refractivity contribution >= 4 is 28.9 Å². The van der Waals surface area contributed by atoms with Gasteiger partial charge in [0.05, 0.1) is 0 Å². The van der Waals surface area contributed by atoms with Crippen LogP contribution >= 0.6 is 0 Å². The van der Waals surface area contributed by atoms with Gasteiger partial charge in [-0.15, -0.1) is 0 Å². The van der Waals surface area contributed by atoms with Gasteiger partial charge in [-0.25, -0.2) is 0 Å². The fourth-order valence-electron chi connectivity index (χ4n) is 3.35. The van der Waals surface area contributed by atoms with E-state index in [9.17, 15) is 9.59 Å². The Labute approximate surface area is 172 Å². The molecule has 1 atom stereocenters. The molecule has 0 aliphatic carbocycles. The van der Waals surface area contributed by atoms with Gasteiger partial charge in [0, 0.05) is 47.7 Å². The van der Waals surface area contributed by atoms with Gasteiger partial charge in [0.2, 0.25) is 5.91 Å². The molecule has 0 radical (unpaired) electrons. The lowest BCUT2D eigenvalue weighted by Gasteiger charge is -2.22. The van der Waals surface area contributed by atoms with Crippen molar-refractivity contribution in [3.8, 4) is 0 Å². The van der Waals surface area contributed by atoms with E-state index in [1.165, 1.54) is 12.1 Å². The van der Waals surface area contributed by atoms with Crippen LogP contribution in [0.2, 0.25) is 0 Å². The first-order valence-corrected chi connectivity index (χ1v) is 10.1. The predicted molar refractivity (Wildman–Crippen MR) is 119 cm³/mol. The van der Waals surface area contributed by atoms with E-state index in [0.29, 0.717) is 17.3 Å². The Morgan fingerprint density at radius 3 is 2.10 bits per heavy atom. The highest BCUT2D eigenvalue weighted by Crippen LogP contribution is 2.24. The van der Waals surface area contributed by atoms with Gasteiger partial charge in [-0.05, 0) is 69.0 Å². The number of carbonyl (C=O) groups is 2. The fourth-order valence-corrected chi connectivity index (χ4v) is 3.35. The van der Waals surface area contributed by atoms with Crippen LogP contribution in [-0.4, -0.2) is 49.9 Å². The zero-order valence-electron chi connectivity index (χ0n) is 17.6. The maximum atomic E-state index is 12.5. The molecule has 0 bridgehead atoms. The molecule has 0 spiro atoms. The molecule has 1 fully saturated rings. The molecule has 154 valence electrons. The van der Waals surface area contributed by atoms with E-state index in [1.807, 2.05) is 26.0 Å². The SMILES string of the molecule is CC(C)C(=O)Nc1ccc(C(=O)Nc2ccc(N3CCC(N(C)C)C3)cc2)cc1. The number of benzene rings is 2. The van der Waals surface area contributed by atoms with Crippen LogP contribution in [0.1, 0.15) is 30.6 Å². The van der Waals surface area contributed by atoms with E-state index in [1.54, 1.807) is 24.3 Å². The van der Waals surface area contributed by atoms with E-state index >= 15 is 0 Å². The van der Waals surface area contributed by atoms with Crippen molar-refractivity contribution in [1.29, 1.82) is 0 Å². The van der Waals surface area contributed by atoms with Gasteiger partial charge in [0.1, 0.15) is 0 Å². The first-order valence-electron chi connectivity index (χ1n) is 10.1. The van der Waals surface area contributed by atoms with Gasteiger partial charge >= 0.3 is 0 Å². The largest absolute Gasteiger partial charge is 0.370 e. The minimum absolute atomic E-state index is 0.0443. The Bertz CT molecular complexity index is 844. The van der Waals surface area contributed by atoms with Crippen LogP contribution in [0.3, 0.4) is 0 Å². The predicted octanol–water partition coefficient (Wildman–Crippen LogP) is 3.67. The van der Waals surface area contributed by atoms with Crippen LogP contribution in [0.25, 0.3) is 0 Å². The molecule has 1 aliphatic rings. The number of amides is 2. The fraction of sp³-hybridized carbons (Fsp3) is 0.391. The summed E-state index contributed by atoms with van der Waals surface area (Å²) in [6, 6.07) is 15.5. The second-order valence-electron chi connectivity index (χ2n) is 8.07. The Morgan fingerprint density at radius 2 is 1.55 bits per heavy atom. The zero-order valence-corrected chi connectivity index (χ0v) is 17.6. The Hall–Kier alpha value is -2.86. The highest BCUT2D eigenvalue weighted by Gasteiger charge is 2.24. The summed E-state index contributed by atoms with van der Waals surface area (Å²) >= 11 is 0. The molecular formula is C23H30N4O2. The summed E-state index contributed by atoms with van der Waals surface area (Å²) in [5.74, 6) is -0.305. The summed E-state index contributed by atoms with van der Waals surface area (Å²) < 4.78 is 0. The third-order valence-corrected chi connectivity index (χ3v) is 5.32. The number of nitrogens with zero attached hydrogens (tertiary/aromatic N) is 2. The number of anilines is 3. The topological polar surface area (TPSA) is 64.7 Å². The van der Waals surface area contributed by atoms with Crippen molar-refractivity contribution < 1.29 is 9.59 Å². The van der Waals surface area contributed by atoms with Gasteiger partial charge in [-0.1, -0.05) is 13.8 Å². The molecule has 1 saturated heterocycles. The average Bonchev–Trinajstić information content (AvgIpc) is 3.19.